The molecule has 3 aromatic rings. The molecule has 0 aliphatic rings. The number of aromatic nitrogens is 1. The summed E-state index contributed by atoms with van der Waals surface area (Å²) in [4.78, 5) is 28.4. The highest BCUT2D eigenvalue weighted by Crippen LogP contribution is 2.13. The first-order valence-electron chi connectivity index (χ1n) is 9.02. The van der Waals surface area contributed by atoms with Crippen molar-refractivity contribution in [2.75, 3.05) is 5.32 Å². The van der Waals surface area contributed by atoms with Gasteiger partial charge in [-0.1, -0.05) is 42.5 Å². The first-order valence-corrected chi connectivity index (χ1v) is 9.90. The minimum absolute atomic E-state index is 0.0489. The fourth-order valence-corrected chi connectivity index (χ4v) is 3.48. The Labute approximate surface area is 163 Å². The molecule has 1 aromatic heterocycles. The van der Waals surface area contributed by atoms with Crippen molar-refractivity contribution in [3.63, 3.8) is 0 Å². The van der Waals surface area contributed by atoms with Crippen LogP contribution in [0.15, 0.2) is 66.2 Å². The van der Waals surface area contributed by atoms with E-state index in [-0.39, 0.29) is 11.7 Å². The number of hydrogen-bond donors (Lipinski definition) is 1. The monoisotopic (exact) mass is 378 g/mol. The Balaban J connectivity index is 1.42. The normalized spacial score (nSPS) is 10.5. The van der Waals surface area contributed by atoms with E-state index in [4.69, 9.17) is 0 Å². The first-order chi connectivity index (χ1) is 13.2. The summed E-state index contributed by atoms with van der Waals surface area (Å²) in [5.74, 6) is 0.180. The Hall–Kier alpha value is -2.79. The highest BCUT2D eigenvalue weighted by Gasteiger charge is 2.07. The van der Waals surface area contributed by atoms with Gasteiger partial charge in [0.15, 0.2) is 0 Å². The van der Waals surface area contributed by atoms with Crippen LogP contribution in [0.5, 0.6) is 0 Å². The number of aryl methyl sites for hydroxylation is 1. The number of nitrogens with one attached hydrogen (secondary N) is 1. The first kappa shape index (κ1) is 19.0. The average Bonchev–Trinajstić information content (AvgIpc) is 3.17. The number of carbonyl (C=O) groups excluding carboxylic acids is 2. The van der Waals surface area contributed by atoms with Crippen molar-refractivity contribution >= 4 is 28.7 Å². The summed E-state index contributed by atoms with van der Waals surface area (Å²) in [6.07, 6.45) is 4.82. The van der Waals surface area contributed by atoms with Gasteiger partial charge in [0.05, 0.1) is 11.4 Å². The summed E-state index contributed by atoms with van der Waals surface area (Å²) >= 11 is 1.63. The van der Waals surface area contributed by atoms with Gasteiger partial charge in [-0.2, -0.15) is 0 Å². The lowest BCUT2D eigenvalue weighted by Crippen LogP contribution is -2.14. The molecule has 138 valence electrons. The standard InChI is InChI=1S/C22H22N2O2S/c25-20(7-4-8-22-23-13-14-27-22)15-18-9-11-19(12-10-18)24-21(26)16-17-5-2-1-3-6-17/h1-3,5-6,9-14H,4,7-8,15-16H2,(H,24,26). The predicted molar refractivity (Wildman–Crippen MR) is 109 cm³/mol. The SMILES string of the molecule is O=C(CCCc1nccs1)Cc1ccc(NC(=O)Cc2ccccc2)cc1. The molecule has 1 heterocycles. The number of carbonyl (C=O) groups is 2. The van der Waals surface area contributed by atoms with E-state index in [9.17, 15) is 9.59 Å². The summed E-state index contributed by atoms with van der Waals surface area (Å²) in [6.45, 7) is 0. The molecule has 2 aromatic carbocycles. The molecule has 0 bridgehead atoms. The number of hydrogen-bond acceptors (Lipinski definition) is 4. The summed E-state index contributed by atoms with van der Waals surface area (Å²) in [5.41, 5.74) is 2.70. The number of ketones is 1. The lowest BCUT2D eigenvalue weighted by Gasteiger charge is -2.07. The third-order valence-electron chi connectivity index (χ3n) is 4.18. The second-order valence-corrected chi connectivity index (χ2v) is 7.38. The van der Waals surface area contributed by atoms with Gasteiger partial charge in [-0.25, -0.2) is 4.98 Å². The van der Waals surface area contributed by atoms with Crippen LogP contribution in [0.25, 0.3) is 0 Å². The third-order valence-corrected chi connectivity index (χ3v) is 5.02. The molecule has 4 nitrogen and oxygen atoms in total. The van der Waals surface area contributed by atoms with Gasteiger partial charge >= 0.3 is 0 Å². The summed E-state index contributed by atoms with van der Waals surface area (Å²) in [6, 6.07) is 17.1. The average molecular weight is 378 g/mol. The molecule has 0 unspecified atom stereocenters. The summed E-state index contributed by atoms with van der Waals surface area (Å²) < 4.78 is 0. The maximum Gasteiger partial charge on any atom is 0.228 e. The van der Waals surface area contributed by atoms with Crippen LogP contribution in [0.1, 0.15) is 29.0 Å². The molecule has 0 aliphatic heterocycles. The number of rotatable bonds is 9. The Bertz CT molecular complexity index is 859. The molecule has 0 aliphatic carbocycles. The smallest absolute Gasteiger partial charge is 0.228 e. The van der Waals surface area contributed by atoms with Crippen LogP contribution < -0.4 is 5.32 Å². The van der Waals surface area contributed by atoms with Crippen molar-refractivity contribution in [1.29, 1.82) is 0 Å². The van der Waals surface area contributed by atoms with E-state index in [1.165, 1.54) is 0 Å². The molecule has 1 N–H and O–H groups in total. The molecule has 27 heavy (non-hydrogen) atoms. The van der Waals surface area contributed by atoms with Crippen LogP contribution in [0.4, 0.5) is 5.69 Å². The molecule has 0 fully saturated rings. The Morgan fingerprint density at radius 1 is 0.926 bits per heavy atom. The van der Waals surface area contributed by atoms with Gasteiger partial charge in [0.2, 0.25) is 5.91 Å². The van der Waals surface area contributed by atoms with E-state index in [1.807, 2.05) is 60.0 Å². The molecule has 0 radical (unpaired) electrons. The second-order valence-electron chi connectivity index (χ2n) is 6.40. The lowest BCUT2D eigenvalue weighted by molar-refractivity contribution is -0.118. The Morgan fingerprint density at radius 2 is 1.67 bits per heavy atom. The van der Waals surface area contributed by atoms with Gasteiger partial charge in [-0.05, 0) is 36.1 Å². The zero-order valence-electron chi connectivity index (χ0n) is 15.1. The van der Waals surface area contributed by atoms with Crippen molar-refractivity contribution < 1.29 is 9.59 Å². The van der Waals surface area contributed by atoms with Crippen LogP contribution in [-0.2, 0) is 28.9 Å². The van der Waals surface area contributed by atoms with Gasteiger partial charge < -0.3 is 5.32 Å². The van der Waals surface area contributed by atoms with Gasteiger partial charge in [-0.3, -0.25) is 9.59 Å². The second kappa shape index (κ2) is 9.78. The van der Waals surface area contributed by atoms with Crippen LogP contribution in [-0.4, -0.2) is 16.7 Å². The van der Waals surface area contributed by atoms with E-state index in [0.29, 0.717) is 19.3 Å². The van der Waals surface area contributed by atoms with E-state index in [1.54, 1.807) is 17.5 Å². The van der Waals surface area contributed by atoms with Gasteiger partial charge in [0, 0.05) is 30.1 Å². The van der Waals surface area contributed by atoms with E-state index in [2.05, 4.69) is 10.3 Å². The van der Waals surface area contributed by atoms with Crippen LogP contribution in [0, 0.1) is 0 Å². The highest BCUT2D eigenvalue weighted by molar-refractivity contribution is 7.09. The van der Waals surface area contributed by atoms with Crippen LogP contribution >= 0.6 is 11.3 Å². The maximum absolute atomic E-state index is 12.1. The summed E-state index contributed by atoms with van der Waals surface area (Å²) in [7, 11) is 0. The topological polar surface area (TPSA) is 59.1 Å². The fourth-order valence-electron chi connectivity index (χ4n) is 2.82. The fraction of sp³-hybridized carbons (Fsp3) is 0.227. The van der Waals surface area contributed by atoms with Crippen LogP contribution in [0.3, 0.4) is 0 Å². The molecular formula is C22H22N2O2S. The zero-order valence-corrected chi connectivity index (χ0v) is 15.9. The Kier molecular flexibility index (Phi) is 6.88. The molecule has 3 rings (SSSR count). The Morgan fingerprint density at radius 3 is 2.37 bits per heavy atom. The molecule has 0 atom stereocenters. The number of anilines is 1. The summed E-state index contributed by atoms with van der Waals surface area (Å²) in [5, 5.41) is 5.93. The highest BCUT2D eigenvalue weighted by atomic mass is 32.1. The molecule has 0 spiro atoms. The lowest BCUT2D eigenvalue weighted by atomic mass is 10.0. The largest absolute Gasteiger partial charge is 0.326 e. The van der Waals surface area contributed by atoms with E-state index < -0.39 is 0 Å². The number of Topliss-reactive ketones (excluding diaryl/α,β-unsaturated/α-hetero) is 1. The number of benzene rings is 2. The zero-order chi connectivity index (χ0) is 18.9. The van der Waals surface area contributed by atoms with E-state index >= 15 is 0 Å². The number of nitrogens with zero attached hydrogens (tertiary/aromatic N) is 1. The molecule has 0 saturated carbocycles. The minimum Gasteiger partial charge on any atom is -0.326 e. The van der Waals surface area contributed by atoms with Gasteiger partial charge in [0.1, 0.15) is 5.78 Å². The minimum atomic E-state index is -0.0489. The van der Waals surface area contributed by atoms with Crippen molar-refractivity contribution in [2.45, 2.75) is 32.1 Å². The van der Waals surface area contributed by atoms with Gasteiger partial charge in [-0.15, -0.1) is 11.3 Å². The number of thiazole rings is 1. The maximum atomic E-state index is 12.1. The van der Waals surface area contributed by atoms with Crippen molar-refractivity contribution in [2.24, 2.45) is 0 Å². The van der Waals surface area contributed by atoms with E-state index in [0.717, 1.165) is 34.7 Å². The predicted octanol–water partition coefficient (Wildman–Crippen LogP) is 4.46. The van der Waals surface area contributed by atoms with Gasteiger partial charge in [0.25, 0.3) is 0 Å². The van der Waals surface area contributed by atoms with Crippen molar-refractivity contribution in [3.8, 4) is 0 Å². The van der Waals surface area contributed by atoms with Crippen molar-refractivity contribution in [3.05, 3.63) is 82.3 Å². The molecule has 0 saturated heterocycles. The molecular weight excluding hydrogens is 356 g/mol. The number of amides is 1. The quantitative estimate of drug-likeness (QED) is 0.598. The molecule has 5 heteroatoms. The van der Waals surface area contributed by atoms with Crippen LogP contribution in [0.2, 0.25) is 0 Å². The molecule has 1 amide bonds. The third kappa shape index (κ3) is 6.46. The van der Waals surface area contributed by atoms with Crippen molar-refractivity contribution in [1.82, 2.24) is 4.98 Å².